The lowest BCUT2D eigenvalue weighted by atomic mass is 9.83. The molecule has 20 heavy (non-hydrogen) atoms. The third-order valence-corrected chi connectivity index (χ3v) is 4.78. The molecule has 0 saturated heterocycles. The molecule has 3 heteroatoms. The van der Waals surface area contributed by atoms with Gasteiger partial charge < -0.3 is 5.32 Å². The molecular formula is C17H28N2S. The number of rotatable bonds is 4. The van der Waals surface area contributed by atoms with Crippen molar-refractivity contribution in [2.24, 2.45) is 5.92 Å². The Bertz CT molecular complexity index is 448. The zero-order chi connectivity index (χ0) is 14.6. The summed E-state index contributed by atoms with van der Waals surface area (Å²) in [6.07, 6.45) is 11.3. The Kier molecular flexibility index (Phi) is 5.39. The third kappa shape index (κ3) is 5.02. The molecule has 1 aliphatic rings. The van der Waals surface area contributed by atoms with Gasteiger partial charge in [0, 0.05) is 23.2 Å². The molecule has 0 aromatic carbocycles. The van der Waals surface area contributed by atoms with Gasteiger partial charge in [0.05, 0.1) is 5.01 Å². The Morgan fingerprint density at radius 3 is 2.60 bits per heavy atom. The van der Waals surface area contributed by atoms with Crippen LogP contribution in [0.1, 0.15) is 62.8 Å². The van der Waals surface area contributed by atoms with Crippen LogP contribution in [0, 0.1) is 12.8 Å². The Balaban J connectivity index is 2.12. The van der Waals surface area contributed by atoms with Gasteiger partial charge in [-0.3, -0.25) is 0 Å². The highest BCUT2D eigenvalue weighted by Crippen LogP contribution is 2.31. The number of aryl methyl sites for hydroxylation is 1. The van der Waals surface area contributed by atoms with E-state index in [-0.39, 0.29) is 5.54 Å². The molecule has 0 radical (unpaired) electrons. The van der Waals surface area contributed by atoms with Gasteiger partial charge in [0.25, 0.3) is 0 Å². The van der Waals surface area contributed by atoms with E-state index in [4.69, 9.17) is 0 Å². The molecule has 1 aromatic heterocycles. The molecule has 1 aromatic rings. The van der Waals surface area contributed by atoms with E-state index >= 15 is 0 Å². The van der Waals surface area contributed by atoms with E-state index in [1.165, 1.54) is 37.0 Å². The van der Waals surface area contributed by atoms with Gasteiger partial charge in [-0.2, -0.15) is 0 Å². The second-order valence-electron chi connectivity index (χ2n) is 6.94. The molecule has 1 fully saturated rings. The molecule has 2 rings (SSSR count). The van der Waals surface area contributed by atoms with Gasteiger partial charge in [0.1, 0.15) is 0 Å². The van der Waals surface area contributed by atoms with Crippen LogP contribution in [0.2, 0.25) is 0 Å². The number of aromatic nitrogens is 1. The van der Waals surface area contributed by atoms with Gasteiger partial charge in [-0.05, 0) is 52.5 Å². The van der Waals surface area contributed by atoms with Crippen molar-refractivity contribution in [3.8, 4) is 0 Å². The number of thiazole rings is 1. The first-order valence-corrected chi connectivity index (χ1v) is 8.63. The Morgan fingerprint density at radius 1 is 1.35 bits per heavy atom. The van der Waals surface area contributed by atoms with Crippen molar-refractivity contribution in [1.29, 1.82) is 0 Å². The van der Waals surface area contributed by atoms with E-state index in [2.05, 4.69) is 44.1 Å². The predicted molar refractivity (Wildman–Crippen MR) is 89.2 cm³/mol. The van der Waals surface area contributed by atoms with Crippen LogP contribution in [-0.4, -0.2) is 17.1 Å². The quantitative estimate of drug-likeness (QED) is 0.862. The van der Waals surface area contributed by atoms with Gasteiger partial charge in [0.15, 0.2) is 0 Å². The minimum atomic E-state index is 0.178. The van der Waals surface area contributed by atoms with Gasteiger partial charge in [0.2, 0.25) is 0 Å². The van der Waals surface area contributed by atoms with Crippen molar-refractivity contribution in [3.63, 3.8) is 0 Å². The molecule has 0 aliphatic heterocycles. The van der Waals surface area contributed by atoms with Crippen molar-refractivity contribution in [3.05, 3.63) is 21.7 Å². The van der Waals surface area contributed by atoms with Crippen molar-refractivity contribution in [2.45, 2.75) is 65.3 Å². The molecule has 0 amide bonds. The maximum Gasteiger partial charge on any atom is 0.0900 e. The van der Waals surface area contributed by atoms with Gasteiger partial charge in [-0.15, -0.1) is 11.3 Å². The second-order valence-corrected chi connectivity index (χ2v) is 8.21. The van der Waals surface area contributed by atoms with Crippen LogP contribution >= 0.6 is 11.3 Å². The molecule has 0 bridgehead atoms. The normalized spacial score (nSPS) is 18.5. The summed E-state index contributed by atoms with van der Waals surface area (Å²) in [7, 11) is 0. The fourth-order valence-corrected chi connectivity index (χ4v) is 3.54. The van der Waals surface area contributed by atoms with E-state index in [1.807, 2.05) is 6.20 Å². The lowest BCUT2D eigenvalue weighted by molar-refractivity contribution is 0.378. The minimum absolute atomic E-state index is 0.178. The van der Waals surface area contributed by atoms with Crippen molar-refractivity contribution >= 4 is 17.4 Å². The van der Waals surface area contributed by atoms with Gasteiger partial charge >= 0.3 is 0 Å². The standard InChI is InChI=1S/C17H28N2S/c1-13-18-12-16(20-13)10-15(11-19-17(2,3)4)14-8-6-5-7-9-14/h10,12,14,19H,5-9,11H2,1-4H3/b15-10-. The molecule has 0 atom stereocenters. The van der Waals surface area contributed by atoms with Crippen LogP contribution in [0.15, 0.2) is 11.8 Å². The topological polar surface area (TPSA) is 24.9 Å². The first-order chi connectivity index (χ1) is 9.44. The summed E-state index contributed by atoms with van der Waals surface area (Å²) in [5.74, 6) is 0.765. The smallest absolute Gasteiger partial charge is 0.0900 e. The third-order valence-electron chi connectivity index (χ3n) is 3.92. The lowest BCUT2D eigenvalue weighted by Gasteiger charge is -2.28. The van der Waals surface area contributed by atoms with E-state index in [1.54, 1.807) is 16.9 Å². The minimum Gasteiger partial charge on any atom is -0.308 e. The molecule has 1 aliphatic carbocycles. The number of hydrogen-bond donors (Lipinski definition) is 1. The van der Waals surface area contributed by atoms with Gasteiger partial charge in [-0.1, -0.05) is 24.8 Å². The van der Waals surface area contributed by atoms with Crippen LogP contribution in [0.4, 0.5) is 0 Å². The van der Waals surface area contributed by atoms with Crippen LogP contribution in [0.5, 0.6) is 0 Å². The zero-order valence-corrected chi connectivity index (χ0v) is 14.1. The summed E-state index contributed by atoms with van der Waals surface area (Å²) in [5, 5.41) is 4.82. The maximum atomic E-state index is 4.38. The SMILES string of the molecule is Cc1ncc(/C=C(/CNC(C)(C)C)C2CCCCC2)s1. The van der Waals surface area contributed by atoms with E-state index in [9.17, 15) is 0 Å². The Hall–Kier alpha value is -0.670. The zero-order valence-electron chi connectivity index (χ0n) is 13.3. The molecule has 2 nitrogen and oxygen atoms in total. The van der Waals surface area contributed by atoms with Crippen LogP contribution in [0.25, 0.3) is 6.08 Å². The summed E-state index contributed by atoms with van der Waals surface area (Å²) >= 11 is 1.80. The monoisotopic (exact) mass is 292 g/mol. The van der Waals surface area contributed by atoms with E-state index in [0.717, 1.165) is 17.5 Å². The Morgan fingerprint density at radius 2 is 2.05 bits per heavy atom. The van der Waals surface area contributed by atoms with Crippen LogP contribution in [-0.2, 0) is 0 Å². The molecule has 1 N–H and O–H groups in total. The van der Waals surface area contributed by atoms with Gasteiger partial charge in [-0.25, -0.2) is 4.98 Å². The maximum absolute atomic E-state index is 4.38. The number of nitrogens with one attached hydrogen (secondary N) is 1. The average molecular weight is 292 g/mol. The fourth-order valence-electron chi connectivity index (χ4n) is 2.78. The van der Waals surface area contributed by atoms with Crippen molar-refractivity contribution in [1.82, 2.24) is 10.3 Å². The number of nitrogens with zero attached hydrogens (tertiary/aromatic N) is 1. The van der Waals surface area contributed by atoms with Crippen molar-refractivity contribution < 1.29 is 0 Å². The molecular weight excluding hydrogens is 264 g/mol. The van der Waals surface area contributed by atoms with E-state index < -0.39 is 0 Å². The fraction of sp³-hybridized carbons (Fsp3) is 0.706. The lowest BCUT2D eigenvalue weighted by Crippen LogP contribution is -2.38. The summed E-state index contributed by atoms with van der Waals surface area (Å²) < 4.78 is 0. The first kappa shape index (κ1) is 15.7. The van der Waals surface area contributed by atoms with Crippen LogP contribution in [0.3, 0.4) is 0 Å². The average Bonchev–Trinajstić information content (AvgIpc) is 2.80. The van der Waals surface area contributed by atoms with Crippen molar-refractivity contribution in [2.75, 3.05) is 6.54 Å². The highest BCUT2D eigenvalue weighted by atomic mass is 32.1. The molecule has 1 heterocycles. The molecule has 112 valence electrons. The second kappa shape index (κ2) is 6.86. The first-order valence-electron chi connectivity index (χ1n) is 7.82. The highest BCUT2D eigenvalue weighted by molar-refractivity contribution is 7.12. The summed E-state index contributed by atoms with van der Waals surface area (Å²) in [6.45, 7) is 9.80. The Labute approximate surface area is 127 Å². The summed E-state index contributed by atoms with van der Waals surface area (Å²) in [5.41, 5.74) is 1.75. The molecule has 0 unspecified atom stereocenters. The molecule has 0 spiro atoms. The van der Waals surface area contributed by atoms with E-state index in [0.29, 0.717) is 0 Å². The predicted octanol–water partition coefficient (Wildman–Crippen LogP) is 4.80. The summed E-state index contributed by atoms with van der Waals surface area (Å²) in [6, 6.07) is 0. The largest absolute Gasteiger partial charge is 0.308 e. The number of hydrogen-bond acceptors (Lipinski definition) is 3. The molecule has 1 saturated carbocycles. The van der Waals surface area contributed by atoms with Crippen LogP contribution < -0.4 is 5.32 Å². The summed E-state index contributed by atoms with van der Waals surface area (Å²) in [4.78, 5) is 5.68. The highest BCUT2D eigenvalue weighted by Gasteiger charge is 2.19.